The monoisotopic (exact) mass is 333 g/mol. The first-order valence-electron chi connectivity index (χ1n) is 7.66. The third-order valence-corrected chi connectivity index (χ3v) is 3.45. The molecule has 1 aromatic heterocycles. The summed E-state index contributed by atoms with van der Waals surface area (Å²) in [4.78, 5) is 12.6. The normalized spacial score (nSPS) is 10.1. The molecule has 0 unspecified atom stereocenters. The number of benzene rings is 2. The van der Waals surface area contributed by atoms with E-state index < -0.39 is 0 Å². The van der Waals surface area contributed by atoms with E-state index in [0.717, 1.165) is 5.69 Å². The maximum atomic E-state index is 12.6. The first-order chi connectivity index (χ1) is 12.2. The summed E-state index contributed by atoms with van der Waals surface area (Å²) in [7, 11) is 0. The Bertz CT molecular complexity index is 929. The van der Waals surface area contributed by atoms with Crippen molar-refractivity contribution in [3.63, 3.8) is 0 Å². The highest BCUT2D eigenvalue weighted by Gasteiger charge is 2.12. The standard InChI is InChI=1S/C18H15N5O2/c1-2-25-17-7-6-13(12-19)10-16(17)21-18(24)14-4-3-5-15(11-14)23-9-8-20-22-23/h3-11H,2H2,1H3,(H,21,24). The Morgan fingerprint density at radius 2 is 2.20 bits per heavy atom. The molecule has 7 nitrogen and oxygen atoms in total. The summed E-state index contributed by atoms with van der Waals surface area (Å²) in [6.07, 6.45) is 3.26. The Kier molecular flexibility index (Phi) is 4.72. The molecule has 1 amide bonds. The molecule has 1 N–H and O–H groups in total. The molecule has 7 heteroatoms. The van der Waals surface area contributed by atoms with Crippen LogP contribution in [0.25, 0.3) is 5.69 Å². The Morgan fingerprint density at radius 3 is 2.92 bits per heavy atom. The van der Waals surface area contributed by atoms with Crippen molar-refractivity contribution in [2.75, 3.05) is 11.9 Å². The van der Waals surface area contributed by atoms with Gasteiger partial charge in [0, 0.05) is 5.56 Å². The number of ether oxygens (including phenoxy) is 1. The van der Waals surface area contributed by atoms with Gasteiger partial charge >= 0.3 is 0 Å². The van der Waals surface area contributed by atoms with E-state index >= 15 is 0 Å². The van der Waals surface area contributed by atoms with Gasteiger partial charge in [-0.05, 0) is 43.3 Å². The van der Waals surface area contributed by atoms with Gasteiger partial charge in [0.05, 0.1) is 42.0 Å². The number of rotatable bonds is 5. The minimum absolute atomic E-state index is 0.307. The van der Waals surface area contributed by atoms with Gasteiger partial charge in [-0.25, -0.2) is 4.68 Å². The van der Waals surface area contributed by atoms with Gasteiger partial charge in [-0.2, -0.15) is 5.26 Å². The van der Waals surface area contributed by atoms with Crippen LogP contribution in [0.3, 0.4) is 0 Å². The molecule has 1 heterocycles. The van der Waals surface area contributed by atoms with Crippen LogP contribution < -0.4 is 10.1 Å². The van der Waals surface area contributed by atoms with Crippen molar-refractivity contribution in [2.45, 2.75) is 6.92 Å². The Morgan fingerprint density at radius 1 is 1.32 bits per heavy atom. The maximum Gasteiger partial charge on any atom is 0.255 e. The second-order valence-electron chi connectivity index (χ2n) is 5.11. The van der Waals surface area contributed by atoms with E-state index in [1.807, 2.05) is 13.0 Å². The number of nitrogens with one attached hydrogen (secondary N) is 1. The number of nitrogens with zero attached hydrogens (tertiary/aromatic N) is 4. The predicted molar refractivity (Wildman–Crippen MR) is 91.6 cm³/mol. The lowest BCUT2D eigenvalue weighted by molar-refractivity contribution is 0.102. The number of aromatic nitrogens is 3. The number of amides is 1. The van der Waals surface area contributed by atoms with Gasteiger partial charge in [-0.15, -0.1) is 5.10 Å². The van der Waals surface area contributed by atoms with Gasteiger partial charge in [0.2, 0.25) is 0 Å². The largest absolute Gasteiger partial charge is 0.492 e. The van der Waals surface area contributed by atoms with Crippen molar-refractivity contribution < 1.29 is 9.53 Å². The van der Waals surface area contributed by atoms with Gasteiger partial charge < -0.3 is 10.1 Å². The lowest BCUT2D eigenvalue weighted by atomic mass is 10.1. The van der Waals surface area contributed by atoms with Crippen LogP contribution >= 0.6 is 0 Å². The lowest BCUT2D eigenvalue weighted by Crippen LogP contribution is -2.13. The number of carbonyl (C=O) groups is 1. The van der Waals surface area contributed by atoms with Crippen molar-refractivity contribution in [1.82, 2.24) is 15.0 Å². The molecule has 2 aromatic carbocycles. The summed E-state index contributed by atoms with van der Waals surface area (Å²) >= 11 is 0. The smallest absolute Gasteiger partial charge is 0.255 e. The van der Waals surface area contributed by atoms with E-state index in [-0.39, 0.29) is 5.91 Å². The molecule has 0 atom stereocenters. The molecular formula is C18H15N5O2. The predicted octanol–water partition coefficient (Wildman–Crippen LogP) is 2.79. The summed E-state index contributed by atoms with van der Waals surface area (Å²) in [5.74, 6) is 0.209. The molecule has 0 saturated heterocycles. The van der Waals surface area contributed by atoms with E-state index in [1.54, 1.807) is 53.5 Å². The van der Waals surface area contributed by atoms with E-state index in [1.165, 1.54) is 0 Å². The van der Waals surface area contributed by atoms with E-state index in [9.17, 15) is 4.79 Å². The highest BCUT2D eigenvalue weighted by molar-refractivity contribution is 6.05. The molecule has 3 aromatic rings. The molecule has 0 bridgehead atoms. The van der Waals surface area contributed by atoms with E-state index in [2.05, 4.69) is 21.7 Å². The molecule has 0 aliphatic rings. The first kappa shape index (κ1) is 16.2. The summed E-state index contributed by atoms with van der Waals surface area (Å²) in [6.45, 7) is 2.31. The van der Waals surface area contributed by atoms with Gasteiger partial charge in [-0.3, -0.25) is 4.79 Å². The molecule has 0 radical (unpaired) electrons. The molecule has 0 aliphatic carbocycles. The highest BCUT2D eigenvalue weighted by atomic mass is 16.5. The van der Waals surface area contributed by atoms with Crippen LogP contribution in [0.2, 0.25) is 0 Å². The zero-order valence-corrected chi connectivity index (χ0v) is 13.5. The molecule has 3 rings (SSSR count). The van der Waals surface area contributed by atoms with E-state index in [4.69, 9.17) is 10.00 Å². The molecule has 0 aliphatic heterocycles. The Hall–Kier alpha value is -3.66. The van der Waals surface area contributed by atoms with Crippen LogP contribution in [0.15, 0.2) is 54.9 Å². The van der Waals surface area contributed by atoms with Crippen molar-refractivity contribution in [3.05, 3.63) is 66.0 Å². The maximum absolute atomic E-state index is 12.6. The molecule has 25 heavy (non-hydrogen) atoms. The van der Waals surface area contributed by atoms with Crippen molar-refractivity contribution in [2.24, 2.45) is 0 Å². The molecular weight excluding hydrogens is 318 g/mol. The third-order valence-electron chi connectivity index (χ3n) is 3.45. The zero-order valence-electron chi connectivity index (χ0n) is 13.5. The quantitative estimate of drug-likeness (QED) is 0.775. The Balaban J connectivity index is 1.88. The Labute approximate surface area is 144 Å². The summed E-state index contributed by atoms with van der Waals surface area (Å²) in [6, 6.07) is 14.0. The van der Waals surface area contributed by atoms with Crippen LogP contribution in [-0.4, -0.2) is 27.5 Å². The highest BCUT2D eigenvalue weighted by Crippen LogP contribution is 2.26. The fourth-order valence-electron chi connectivity index (χ4n) is 2.31. The first-order valence-corrected chi connectivity index (χ1v) is 7.66. The minimum atomic E-state index is -0.307. The average Bonchev–Trinajstić information content (AvgIpc) is 3.18. The van der Waals surface area contributed by atoms with E-state index in [0.29, 0.717) is 29.2 Å². The zero-order chi connectivity index (χ0) is 17.6. The fraction of sp³-hybridized carbons (Fsp3) is 0.111. The van der Waals surface area contributed by atoms with Gasteiger partial charge in [0.15, 0.2) is 0 Å². The number of hydrogen-bond donors (Lipinski definition) is 1. The number of carbonyl (C=O) groups excluding carboxylic acids is 1. The van der Waals surface area contributed by atoms with Gasteiger partial charge in [0.25, 0.3) is 5.91 Å². The van der Waals surface area contributed by atoms with Gasteiger partial charge in [0.1, 0.15) is 5.75 Å². The topological polar surface area (TPSA) is 92.8 Å². The van der Waals surface area contributed by atoms with Crippen molar-refractivity contribution in [1.29, 1.82) is 5.26 Å². The van der Waals surface area contributed by atoms with Crippen molar-refractivity contribution >= 4 is 11.6 Å². The number of hydrogen-bond acceptors (Lipinski definition) is 5. The van der Waals surface area contributed by atoms with Crippen LogP contribution in [0.5, 0.6) is 5.75 Å². The average molecular weight is 333 g/mol. The SMILES string of the molecule is CCOc1ccc(C#N)cc1NC(=O)c1cccc(-n2ccnn2)c1. The van der Waals surface area contributed by atoms with Crippen molar-refractivity contribution in [3.8, 4) is 17.5 Å². The van der Waals surface area contributed by atoms with Crippen LogP contribution in [-0.2, 0) is 0 Å². The summed E-state index contributed by atoms with van der Waals surface area (Å²) in [5.41, 5.74) is 2.07. The minimum Gasteiger partial charge on any atom is -0.492 e. The van der Waals surface area contributed by atoms with Crippen LogP contribution in [0.4, 0.5) is 5.69 Å². The van der Waals surface area contributed by atoms with Crippen LogP contribution in [0.1, 0.15) is 22.8 Å². The van der Waals surface area contributed by atoms with Gasteiger partial charge in [-0.1, -0.05) is 11.3 Å². The molecule has 124 valence electrons. The molecule has 0 saturated carbocycles. The third kappa shape index (κ3) is 3.64. The molecule has 0 spiro atoms. The van der Waals surface area contributed by atoms with Crippen LogP contribution in [0, 0.1) is 11.3 Å². The lowest BCUT2D eigenvalue weighted by Gasteiger charge is -2.12. The number of nitriles is 1. The number of anilines is 1. The summed E-state index contributed by atoms with van der Waals surface area (Å²) < 4.78 is 7.08. The second-order valence-corrected chi connectivity index (χ2v) is 5.11. The fourth-order valence-corrected chi connectivity index (χ4v) is 2.31. The summed E-state index contributed by atoms with van der Waals surface area (Å²) in [5, 5.41) is 19.5. The molecule has 0 fully saturated rings. The second kappa shape index (κ2) is 7.27.